The summed E-state index contributed by atoms with van der Waals surface area (Å²) in [5.41, 5.74) is 1.35. The zero-order chi connectivity index (χ0) is 23.4. The maximum Gasteiger partial charge on any atom is 0.261 e. The summed E-state index contributed by atoms with van der Waals surface area (Å²) in [6.07, 6.45) is 5.55. The molecule has 3 heterocycles. The Morgan fingerprint density at radius 3 is 2.58 bits per heavy atom. The Kier molecular flexibility index (Phi) is 7.17. The van der Waals surface area contributed by atoms with Gasteiger partial charge in [0.25, 0.3) is 17.7 Å². The second-order valence-electron chi connectivity index (χ2n) is 8.33. The van der Waals surface area contributed by atoms with Crippen LogP contribution in [-0.2, 0) is 4.79 Å². The normalized spacial score (nSPS) is 16.2. The van der Waals surface area contributed by atoms with Gasteiger partial charge in [-0.2, -0.15) is 0 Å². The van der Waals surface area contributed by atoms with E-state index in [2.05, 4.69) is 26.2 Å². The molecule has 4 amide bonds. The number of carbonyl (C=O) groups is 4. The second-order valence-corrected chi connectivity index (χ2v) is 9.25. The number of halogens is 1. The van der Waals surface area contributed by atoms with Crippen molar-refractivity contribution in [3.63, 3.8) is 0 Å². The van der Waals surface area contributed by atoms with Crippen LogP contribution in [-0.4, -0.2) is 64.6 Å². The summed E-state index contributed by atoms with van der Waals surface area (Å²) in [5, 5.41) is 2.94. The molecule has 1 aromatic carbocycles. The number of imide groups is 1. The van der Waals surface area contributed by atoms with Crippen molar-refractivity contribution < 1.29 is 19.2 Å². The first-order chi connectivity index (χ1) is 15.9. The Balaban J connectivity index is 1.18. The molecule has 172 valence electrons. The average molecular weight is 513 g/mol. The highest BCUT2D eigenvalue weighted by molar-refractivity contribution is 9.10. The molecule has 2 aromatic rings. The van der Waals surface area contributed by atoms with Crippen molar-refractivity contribution in [1.29, 1.82) is 0 Å². The predicted octanol–water partition coefficient (Wildman–Crippen LogP) is 2.89. The summed E-state index contributed by atoms with van der Waals surface area (Å²) >= 11 is 3.32. The quantitative estimate of drug-likeness (QED) is 0.575. The van der Waals surface area contributed by atoms with E-state index in [1.54, 1.807) is 36.5 Å². The van der Waals surface area contributed by atoms with Crippen molar-refractivity contribution in [2.24, 2.45) is 5.92 Å². The molecule has 0 atom stereocenters. The van der Waals surface area contributed by atoms with Gasteiger partial charge in [0.2, 0.25) is 5.91 Å². The number of aromatic nitrogens is 1. The fraction of sp³-hybridized carbons (Fsp3) is 0.375. The molecule has 0 unspecified atom stereocenters. The highest BCUT2D eigenvalue weighted by Gasteiger charge is 2.35. The van der Waals surface area contributed by atoms with E-state index in [0.717, 1.165) is 17.3 Å². The molecule has 0 radical (unpaired) electrons. The molecular formula is C24H25BrN4O4. The van der Waals surface area contributed by atoms with Gasteiger partial charge >= 0.3 is 0 Å². The number of amides is 4. The molecule has 33 heavy (non-hydrogen) atoms. The van der Waals surface area contributed by atoms with Crippen molar-refractivity contribution in [2.45, 2.75) is 25.7 Å². The van der Waals surface area contributed by atoms with Gasteiger partial charge in [-0.25, -0.2) is 0 Å². The molecule has 0 bridgehead atoms. The fourth-order valence-electron chi connectivity index (χ4n) is 4.24. The number of nitrogens with zero attached hydrogens (tertiary/aromatic N) is 3. The van der Waals surface area contributed by atoms with Gasteiger partial charge in [-0.15, -0.1) is 0 Å². The van der Waals surface area contributed by atoms with Gasteiger partial charge in [0.05, 0.1) is 16.7 Å². The maximum absolute atomic E-state index is 12.6. The largest absolute Gasteiger partial charge is 0.352 e. The van der Waals surface area contributed by atoms with Crippen LogP contribution in [0.4, 0.5) is 0 Å². The number of carbonyl (C=O) groups excluding carboxylic acids is 4. The minimum absolute atomic E-state index is 0.0344. The van der Waals surface area contributed by atoms with Gasteiger partial charge in [0.15, 0.2) is 0 Å². The molecule has 0 saturated carbocycles. The number of hydrogen-bond donors (Lipinski definition) is 1. The number of nitrogens with one attached hydrogen (secondary N) is 1. The lowest BCUT2D eigenvalue weighted by Gasteiger charge is -2.32. The minimum atomic E-state index is -0.308. The fourth-order valence-corrected chi connectivity index (χ4v) is 4.60. The molecular weight excluding hydrogens is 488 g/mol. The van der Waals surface area contributed by atoms with Crippen LogP contribution >= 0.6 is 15.9 Å². The van der Waals surface area contributed by atoms with E-state index in [-0.39, 0.29) is 30.2 Å². The third kappa shape index (κ3) is 5.30. The number of likely N-dealkylation sites (tertiary alicyclic amines) is 1. The third-order valence-electron chi connectivity index (χ3n) is 6.15. The lowest BCUT2D eigenvalue weighted by Crippen LogP contribution is -2.41. The number of benzene rings is 1. The van der Waals surface area contributed by atoms with Gasteiger partial charge in [-0.1, -0.05) is 15.9 Å². The molecule has 2 aliphatic heterocycles. The molecule has 1 fully saturated rings. The Morgan fingerprint density at radius 2 is 1.85 bits per heavy atom. The number of piperidine rings is 1. The SMILES string of the molecule is O=C(NCC1CCN(C(=O)CCCN2C(=O)c3ccc(Br)cc3C2=O)CC1)c1cccnc1. The zero-order valence-corrected chi connectivity index (χ0v) is 19.7. The van der Waals surface area contributed by atoms with Crippen LogP contribution in [0.15, 0.2) is 47.2 Å². The average Bonchev–Trinajstić information content (AvgIpc) is 3.07. The van der Waals surface area contributed by atoms with E-state index in [1.807, 2.05) is 4.90 Å². The van der Waals surface area contributed by atoms with Crippen LogP contribution in [0, 0.1) is 5.92 Å². The molecule has 2 aliphatic rings. The first kappa shape index (κ1) is 23.1. The van der Waals surface area contributed by atoms with Crippen LogP contribution in [0.1, 0.15) is 56.8 Å². The Bertz CT molecular complexity index is 1070. The van der Waals surface area contributed by atoms with E-state index < -0.39 is 0 Å². The van der Waals surface area contributed by atoms with Crippen molar-refractivity contribution >= 4 is 39.6 Å². The van der Waals surface area contributed by atoms with Gasteiger partial charge in [0, 0.05) is 49.5 Å². The smallest absolute Gasteiger partial charge is 0.261 e. The van der Waals surface area contributed by atoms with Crippen LogP contribution in [0.3, 0.4) is 0 Å². The van der Waals surface area contributed by atoms with E-state index in [0.29, 0.717) is 55.1 Å². The first-order valence-electron chi connectivity index (χ1n) is 11.1. The summed E-state index contributed by atoms with van der Waals surface area (Å²) in [7, 11) is 0. The molecule has 8 nitrogen and oxygen atoms in total. The van der Waals surface area contributed by atoms with Gasteiger partial charge < -0.3 is 10.2 Å². The topological polar surface area (TPSA) is 99.7 Å². The molecule has 1 saturated heterocycles. The third-order valence-corrected chi connectivity index (χ3v) is 6.64. The lowest BCUT2D eigenvalue weighted by atomic mass is 9.96. The molecule has 0 aliphatic carbocycles. The van der Waals surface area contributed by atoms with Crippen molar-refractivity contribution in [2.75, 3.05) is 26.2 Å². The molecule has 4 rings (SSSR count). The van der Waals surface area contributed by atoms with Gasteiger partial charge in [-0.3, -0.25) is 29.1 Å². The van der Waals surface area contributed by atoms with E-state index >= 15 is 0 Å². The summed E-state index contributed by atoms with van der Waals surface area (Å²) in [4.78, 5) is 56.8. The zero-order valence-electron chi connectivity index (χ0n) is 18.1. The maximum atomic E-state index is 12.6. The predicted molar refractivity (Wildman–Crippen MR) is 125 cm³/mol. The molecule has 1 aromatic heterocycles. The molecule has 1 N–H and O–H groups in total. The van der Waals surface area contributed by atoms with Crippen LogP contribution < -0.4 is 5.32 Å². The van der Waals surface area contributed by atoms with Crippen molar-refractivity contribution in [3.05, 3.63) is 63.9 Å². The summed E-state index contributed by atoms with van der Waals surface area (Å²) < 4.78 is 0.750. The number of rotatable bonds is 7. The summed E-state index contributed by atoms with van der Waals surface area (Å²) in [6.45, 7) is 2.10. The lowest BCUT2D eigenvalue weighted by molar-refractivity contribution is -0.132. The highest BCUT2D eigenvalue weighted by atomic mass is 79.9. The number of fused-ring (bicyclic) bond motifs is 1. The van der Waals surface area contributed by atoms with Crippen molar-refractivity contribution in [1.82, 2.24) is 20.1 Å². The second kappa shape index (κ2) is 10.2. The summed E-state index contributed by atoms with van der Waals surface area (Å²) in [6, 6.07) is 8.50. The number of pyridine rings is 1. The van der Waals surface area contributed by atoms with Crippen LogP contribution in [0.5, 0.6) is 0 Å². The van der Waals surface area contributed by atoms with Crippen LogP contribution in [0.2, 0.25) is 0 Å². The number of hydrogen-bond acceptors (Lipinski definition) is 5. The Labute approximate surface area is 200 Å². The van der Waals surface area contributed by atoms with Gasteiger partial charge in [-0.05, 0) is 55.5 Å². The summed E-state index contributed by atoms with van der Waals surface area (Å²) in [5.74, 6) is -0.386. The molecule has 9 heteroatoms. The van der Waals surface area contributed by atoms with E-state index in [4.69, 9.17) is 0 Å². The van der Waals surface area contributed by atoms with Crippen LogP contribution in [0.25, 0.3) is 0 Å². The van der Waals surface area contributed by atoms with Crippen molar-refractivity contribution in [3.8, 4) is 0 Å². The standard InChI is InChI=1S/C24H25BrN4O4/c25-18-5-6-19-20(13-18)24(33)29(23(19)32)10-2-4-21(30)28-11-7-16(8-12-28)14-27-22(31)17-3-1-9-26-15-17/h1,3,5-6,9,13,15-16H,2,4,7-8,10-12,14H2,(H,27,31). The minimum Gasteiger partial charge on any atom is -0.352 e. The monoisotopic (exact) mass is 512 g/mol. The Morgan fingerprint density at radius 1 is 1.09 bits per heavy atom. The van der Waals surface area contributed by atoms with E-state index in [9.17, 15) is 19.2 Å². The molecule has 0 spiro atoms. The van der Waals surface area contributed by atoms with Gasteiger partial charge in [0.1, 0.15) is 0 Å². The Hall–Kier alpha value is -3.07. The highest BCUT2D eigenvalue weighted by Crippen LogP contribution is 2.26. The van der Waals surface area contributed by atoms with E-state index in [1.165, 1.54) is 11.1 Å². The first-order valence-corrected chi connectivity index (χ1v) is 11.8.